The predicted molar refractivity (Wildman–Crippen MR) is 102 cm³/mol. The second-order valence-corrected chi connectivity index (χ2v) is 7.28. The van der Waals surface area contributed by atoms with Crippen molar-refractivity contribution in [3.8, 4) is 5.75 Å². The monoisotopic (exact) mass is 409 g/mol. The van der Waals surface area contributed by atoms with Gasteiger partial charge in [-0.3, -0.25) is 9.48 Å². The number of hydrogen-bond donors (Lipinski definition) is 2. The standard InChI is InChI=1S/C18H25BrN4O2/c1-11-17(12(2)23(5)21-11)20-18(24)13(3)22(4)10-14-9-15(19)7-8-16(14)25-6/h7-9,13H,10H2,1-6H3,(H,20,24)/p+1/t13-/m1/s1. The number of aromatic nitrogens is 2. The lowest BCUT2D eigenvalue weighted by Crippen LogP contribution is -3.12. The maximum atomic E-state index is 12.7. The molecule has 1 amide bonds. The second-order valence-electron chi connectivity index (χ2n) is 6.36. The van der Waals surface area contributed by atoms with Gasteiger partial charge in [0.1, 0.15) is 12.3 Å². The highest BCUT2D eigenvalue weighted by atomic mass is 79.9. The summed E-state index contributed by atoms with van der Waals surface area (Å²) in [5.74, 6) is 0.805. The molecule has 0 saturated heterocycles. The van der Waals surface area contributed by atoms with Crippen molar-refractivity contribution in [3.05, 3.63) is 39.6 Å². The van der Waals surface area contributed by atoms with Crippen molar-refractivity contribution in [2.24, 2.45) is 7.05 Å². The molecule has 0 spiro atoms. The van der Waals surface area contributed by atoms with Crippen LogP contribution >= 0.6 is 15.9 Å². The van der Waals surface area contributed by atoms with Gasteiger partial charge >= 0.3 is 0 Å². The third-order valence-corrected chi connectivity index (χ3v) is 5.09. The lowest BCUT2D eigenvalue weighted by molar-refractivity contribution is -0.907. The molecule has 2 aromatic rings. The number of rotatable bonds is 6. The molecule has 0 fully saturated rings. The van der Waals surface area contributed by atoms with Crippen LogP contribution in [0.25, 0.3) is 0 Å². The van der Waals surface area contributed by atoms with Gasteiger partial charge in [0.2, 0.25) is 0 Å². The Morgan fingerprint density at radius 1 is 1.44 bits per heavy atom. The SMILES string of the molecule is COc1ccc(Br)cc1C[NH+](C)[C@H](C)C(=O)Nc1c(C)nn(C)c1C. The molecule has 0 radical (unpaired) electrons. The van der Waals surface area contributed by atoms with Gasteiger partial charge in [-0.25, -0.2) is 0 Å². The van der Waals surface area contributed by atoms with E-state index >= 15 is 0 Å². The van der Waals surface area contributed by atoms with Crippen LogP contribution in [-0.4, -0.2) is 35.9 Å². The van der Waals surface area contributed by atoms with Crippen molar-refractivity contribution in [2.45, 2.75) is 33.4 Å². The number of hydrogen-bond acceptors (Lipinski definition) is 3. The van der Waals surface area contributed by atoms with E-state index in [2.05, 4.69) is 26.3 Å². The first-order chi connectivity index (χ1) is 11.7. The van der Waals surface area contributed by atoms with E-state index in [-0.39, 0.29) is 11.9 Å². The van der Waals surface area contributed by atoms with Gasteiger partial charge in [0.25, 0.3) is 5.91 Å². The number of aryl methyl sites for hydroxylation is 2. The molecule has 0 bridgehead atoms. The highest BCUT2D eigenvalue weighted by Crippen LogP contribution is 2.22. The van der Waals surface area contributed by atoms with Crippen molar-refractivity contribution in [3.63, 3.8) is 0 Å². The fourth-order valence-electron chi connectivity index (χ4n) is 2.75. The number of ether oxygens (including phenoxy) is 1. The fourth-order valence-corrected chi connectivity index (χ4v) is 3.16. The van der Waals surface area contributed by atoms with Crippen LogP contribution in [0.5, 0.6) is 5.75 Å². The highest BCUT2D eigenvalue weighted by Gasteiger charge is 2.25. The number of halogens is 1. The van der Waals surface area contributed by atoms with Gasteiger partial charge in [-0.2, -0.15) is 5.10 Å². The van der Waals surface area contributed by atoms with Crippen molar-refractivity contribution in [1.29, 1.82) is 0 Å². The molecule has 0 aliphatic rings. The minimum Gasteiger partial charge on any atom is -0.496 e. The zero-order chi connectivity index (χ0) is 18.7. The Labute approximate surface area is 157 Å². The predicted octanol–water partition coefficient (Wildman–Crippen LogP) is 1.85. The Morgan fingerprint density at radius 2 is 2.12 bits per heavy atom. The molecular formula is C18H26BrN4O2+. The number of nitrogens with one attached hydrogen (secondary N) is 2. The van der Waals surface area contributed by atoms with Gasteiger partial charge in [-0.05, 0) is 39.0 Å². The first kappa shape index (κ1) is 19.5. The second kappa shape index (κ2) is 8.01. The average molecular weight is 410 g/mol. The molecule has 0 saturated carbocycles. The minimum atomic E-state index is -0.220. The maximum absolute atomic E-state index is 12.7. The lowest BCUT2D eigenvalue weighted by atomic mass is 10.1. The Hall–Kier alpha value is -1.86. The summed E-state index contributed by atoms with van der Waals surface area (Å²) in [6.45, 7) is 6.46. The molecule has 2 rings (SSSR count). The zero-order valence-electron chi connectivity index (χ0n) is 15.6. The molecular weight excluding hydrogens is 384 g/mol. The molecule has 136 valence electrons. The van der Waals surface area contributed by atoms with E-state index in [1.807, 2.05) is 53.1 Å². The molecule has 7 heteroatoms. The van der Waals surface area contributed by atoms with Gasteiger partial charge in [-0.1, -0.05) is 15.9 Å². The Morgan fingerprint density at radius 3 is 2.68 bits per heavy atom. The number of nitrogens with zero attached hydrogens (tertiary/aromatic N) is 2. The summed E-state index contributed by atoms with van der Waals surface area (Å²) in [6, 6.07) is 5.69. The van der Waals surface area contributed by atoms with Gasteiger partial charge in [0.05, 0.1) is 31.2 Å². The van der Waals surface area contributed by atoms with E-state index in [1.54, 1.807) is 11.8 Å². The van der Waals surface area contributed by atoms with Crippen molar-refractivity contribution in [1.82, 2.24) is 9.78 Å². The maximum Gasteiger partial charge on any atom is 0.282 e. The van der Waals surface area contributed by atoms with Gasteiger partial charge in [-0.15, -0.1) is 0 Å². The number of carbonyl (C=O) groups is 1. The summed E-state index contributed by atoms with van der Waals surface area (Å²) in [5, 5.41) is 7.36. The number of benzene rings is 1. The van der Waals surface area contributed by atoms with E-state index in [1.165, 1.54) is 0 Å². The molecule has 1 heterocycles. The number of amides is 1. The molecule has 25 heavy (non-hydrogen) atoms. The zero-order valence-corrected chi connectivity index (χ0v) is 17.2. The van der Waals surface area contributed by atoms with E-state index in [4.69, 9.17) is 4.74 Å². The van der Waals surface area contributed by atoms with E-state index in [0.29, 0.717) is 6.54 Å². The smallest absolute Gasteiger partial charge is 0.282 e. The first-order valence-corrected chi connectivity index (χ1v) is 8.99. The number of quaternary nitrogens is 1. The molecule has 2 atom stereocenters. The third-order valence-electron chi connectivity index (χ3n) is 4.60. The molecule has 2 N–H and O–H groups in total. The molecule has 1 unspecified atom stereocenters. The summed E-state index contributed by atoms with van der Waals surface area (Å²) >= 11 is 3.49. The van der Waals surface area contributed by atoms with Crippen LogP contribution in [0.3, 0.4) is 0 Å². The summed E-state index contributed by atoms with van der Waals surface area (Å²) in [4.78, 5) is 13.7. The molecule has 1 aromatic carbocycles. The van der Waals surface area contributed by atoms with Crippen LogP contribution in [0.2, 0.25) is 0 Å². The third kappa shape index (κ3) is 4.41. The largest absolute Gasteiger partial charge is 0.496 e. The highest BCUT2D eigenvalue weighted by molar-refractivity contribution is 9.10. The fraction of sp³-hybridized carbons (Fsp3) is 0.444. The van der Waals surface area contributed by atoms with Gasteiger partial charge < -0.3 is 15.0 Å². The summed E-state index contributed by atoms with van der Waals surface area (Å²) in [7, 11) is 5.54. The Kier molecular flexibility index (Phi) is 6.24. The number of methoxy groups -OCH3 is 1. The Bertz CT molecular complexity index is 773. The number of anilines is 1. The molecule has 0 aliphatic carbocycles. The quantitative estimate of drug-likeness (QED) is 0.764. The lowest BCUT2D eigenvalue weighted by Gasteiger charge is -2.22. The van der Waals surface area contributed by atoms with E-state index < -0.39 is 0 Å². The topological polar surface area (TPSA) is 60.6 Å². The number of carbonyl (C=O) groups excluding carboxylic acids is 1. The van der Waals surface area contributed by atoms with E-state index in [9.17, 15) is 4.79 Å². The van der Waals surface area contributed by atoms with Gasteiger partial charge in [0.15, 0.2) is 6.04 Å². The van der Waals surface area contributed by atoms with Crippen molar-refractivity contribution >= 4 is 27.5 Å². The summed E-state index contributed by atoms with van der Waals surface area (Å²) < 4.78 is 8.20. The molecule has 0 aliphatic heterocycles. The Balaban J connectivity index is 2.10. The summed E-state index contributed by atoms with van der Waals surface area (Å²) in [6.07, 6.45) is 0. The van der Waals surface area contributed by atoms with Crippen LogP contribution in [0.1, 0.15) is 23.9 Å². The number of likely N-dealkylation sites (N-methyl/N-ethyl adjacent to an activating group) is 1. The van der Waals surface area contributed by atoms with Crippen LogP contribution < -0.4 is 15.0 Å². The minimum absolute atomic E-state index is 0.0225. The van der Waals surface area contributed by atoms with Crippen LogP contribution in [0.4, 0.5) is 5.69 Å². The van der Waals surface area contributed by atoms with Crippen LogP contribution in [-0.2, 0) is 18.4 Å². The molecule has 1 aromatic heterocycles. The molecule has 6 nitrogen and oxygen atoms in total. The summed E-state index contributed by atoms with van der Waals surface area (Å²) in [5.41, 5.74) is 3.63. The van der Waals surface area contributed by atoms with Crippen molar-refractivity contribution < 1.29 is 14.4 Å². The van der Waals surface area contributed by atoms with Crippen LogP contribution in [0.15, 0.2) is 22.7 Å². The van der Waals surface area contributed by atoms with Gasteiger partial charge in [0, 0.05) is 17.1 Å². The normalized spacial score (nSPS) is 13.4. The van der Waals surface area contributed by atoms with Crippen molar-refractivity contribution in [2.75, 3.05) is 19.5 Å². The van der Waals surface area contributed by atoms with E-state index in [0.717, 1.165) is 37.8 Å². The first-order valence-electron chi connectivity index (χ1n) is 8.20. The average Bonchev–Trinajstić information content (AvgIpc) is 2.80. The van der Waals surface area contributed by atoms with Crippen LogP contribution in [0, 0.1) is 13.8 Å².